The van der Waals surface area contributed by atoms with Crippen LogP contribution in [0.25, 0.3) is 0 Å². The van der Waals surface area contributed by atoms with Crippen molar-refractivity contribution in [3.8, 4) is 0 Å². The van der Waals surface area contributed by atoms with E-state index in [1.54, 1.807) is 4.90 Å². The normalized spacial score (nSPS) is 10.5. The molecule has 0 saturated carbocycles. The van der Waals surface area contributed by atoms with Gasteiger partial charge in [-0.2, -0.15) is 0 Å². The van der Waals surface area contributed by atoms with E-state index >= 15 is 0 Å². The van der Waals surface area contributed by atoms with Crippen LogP contribution in [0, 0.1) is 19.8 Å². The summed E-state index contributed by atoms with van der Waals surface area (Å²) in [6.45, 7) is 7.91. The molecule has 2 heteroatoms. The van der Waals surface area contributed by atoms with Crippen LogP contribution in [0.2, 0.25) is 0 Å². The summed E-state index contributed by atoms with van der Waals surface area (Å²) in [5.41, 5.74) is 3.33. The number of rotatable bonds is 2. The molecule has 1 rings (SSSR count). The second-order valence-electron chi connectivity index (χ2n) is 4.29. The third kappa shape index (κ3) is 2.38. The van der Waals surface area contributed by atoms with E-state index in [4.69, 9.17) is 0 Å². The van der Waals surface area contributed by atoms with Crippen LogP contribution in [0.4, 0.5) is 5.69 Å². The average Bonchev–Trinajstić information content (AvgIpc) is 2.15. The highest BCUT2D eigenvalue weighted by Crippen LogP contribution is 2.24. The lowest BCUT2D eigenvalue weighted by Crippen LogP contribution is -2.31. The first kappa shape index (κ1) is 11.8. The van der Waals surface area contributed by atoms with Gasteiger partial charge in [0.1, 0.15) is 0 Å². The Labute approximate surface area is 91.9 Å². The van der Waals surface area contributed by atoms with E-state index in [1.807, 2.05) is 52.9 Å². The Kier molecular flexibility index (Phi) is 3.51. The molecule has 1 aromatic carbocycles. The lowest BCUT2D eigenvalue weighted by Gasteiger charge is -2.23. The third-order valence-electron chi connectivity index (χ3n) is 2.60. The first-order valence-corrected chi connectivity index (χ1v) is 5.29. The smallest absolute Gasteiger partial charge is 0.229 e. The van der Waals surface area contributed by atoms with Crippen molar-refractivity contribution in [1.29, 1.82) is 0 Å². The number of benzene rings is 1. The fourth-order valence-electron chi connectivity index (χ4n) is 1.83. The van der Waals surface area contributed by atoms with Gasteiger partial charge < -0.3 is 4.90 Å². The van der Waals surface area contributed by atoms with E-state index in [0.717, 1.165) is 16.8 Å². The zero-order valence-corrected chi connectivity index (χ0v) is 10.2. The Morgan fingerprint density at radius 3 is 2.07 bits per heavy atom. The summed E-state index contributed by atoms with van der Waals surface area (Å²) in [4.78, 5) is 13.6. The number of amides is 1. The molecule has 0 N–H and O–H groups in total. The Balaban J connectivity index is 3.11. The minimum absolute atomic E-state index is 0.0361. The van der Waals surface area contributed by atoms with E-state index < -0.39 is 0 Å². The Morgan fingerprint density at radius 1 is 1.20 bits per heavy atom. The van der Waals surface area contributed by atoms with Gasteiger partial charge >= 0.3 is 0 Å². The molecule has 0 radical (unpaired) electrons. The molecule has 0 aliphatic carbocycles. The van der Waals surface area contributed by atoms with Crippen molar-refractivity contribution >= 4 is 11.6 Å². The van der Waals surface area contributed by atoms with Crippen molar-refractivity contribution in [2.24, 2.45) is 5.92 Å². The molecule has 0 aliphatic heterocycles. The molecule has 15 heavy (non-hydrogen) atoms. The van der Waals surface area contributed by atoms with Crippen molar-refractivity contribution in [2.45, 2.75) is 27.7 Å². The quantitative estimate of drug-likeness (QED) is 0.727. The molecular weight excluding hydrogens is 186 g/mol. The zero-order chi connectivity index (χ0) is 11.6. The number of carbonyl (C=O) groups is 1. The second kappa shape index (κ2) is 4.47. The molecule has 0 spiro atoms. The Hall–Kier alpha value is -1.31. The molecule has 0 aliphatic rings. The molecule has 0 atom stereocenters. The van der Waals surface area contributed by atoms with Crippen molar-refractivity contribution in [3.63, 3.8) is 0 Å². The van der Waals surface area contributed by atoms with Gasteiger partial charge in [-0.05, 0) is 25.0 Å². The molecule has 2 nitrogen and oxygen atoms in total. The molecule has 1 amide bonds. The van der Waals surface area contributed by atoms with Gasteiger partial charge in [0, 0.05) is 18.7 Å². The molecule has 0 unspecified atom stereocenters. The standard InChI is InChI=1S/C13H19NO/c1-9(2)13(15)14(5)12-10(3)7-6-8-11(12)4/h6-9H,1-5H3. The molecule has 0 saturated heterocycles. The fraction of sp³-hybridized carbons (Fsp3) is 0.462. The van der Waals surface area contributed by atoms with Gasteiger partial charge in [0.25, 0.3) is 0 Å². The maximum absolute atomic E-state index is 11.9. The molecule has 0 bridgehead atoms. The summed E-state index contributed by atoms with van der Waals surface area (Å²) >= 11 is 0. The van der Waals surface area contributed by atoms with E-state index in [1.165, 1.54) is 0 Å². The van der Waals surface area contributed by atoms with Crippen LogP contribution in [-0.4, -0.2) is 13.0 Å². The summed E-state index contributed by atoms with van der Waals surface area (Å²) in [6.07, 6.45) is 0. The van der Waals surface area contributed by atoms with Crippen LogP contribution in [0.3, 0.4) is 0 Å². The number of para-hydroxylation sites is 1. The lowest BCUT2D eigenvalue weighted by atomic mass is 10.1. The summed E-state index contributed by atoms with van der Waals surface area (Å²) in [5.74, 6) is 0.196. The van der Waals surface area contributed by atoms with Gasteiger partial charge in [0.15, 0.2) is 0 Å². The van der Waals surface area contributed by atoms with Gasteiger partial charge in [0.2, 0.25) is 5.91 Å². The second-order valence-corrected chi connectivity index (χ2v) is 4.29. The van der Waals surface area contributed by atoms with E-state index in [2.05, 4.69) is 0 Å². The lowest BCUT2D eigenvalue weighted by molar-refractivity contribution is -0.121. The highest BCUT2D eigenvalue weighted by atomic mass is 16.2. The topological polar surface area (TPSA) is 20.3 Å². The first-order chi connectivity index (χ1) is 6.95. The van der Waals surface area contributed by atoms with Crippen LogP contribution in [0.15, 0.2) is 18.2 Å². The molecule has 0 heterocycles. The number of hydrogen-bond acceptors (Lipinski definition) is 1. The maximum Gasteiger partial charge on any atom is 0.229 e. The SMILES string of the molecule is Cc1cccc(C)c1N(C)C(=O)C(C)C. The van der Waals surface area contributed by atoms with Gasteiger partial charge in [-0.15, -0.1) is 0 Å². The average molecular weight is 205 g/mol. The molecule has 0 fully saturated rings. The van der Waals surface area contributed by atoms with Crippen LogP contribution in [0.1, 0.15) is 25.0 Å². The monoisotopic (exact) mass is 205 g/mol. The third-order valence-corrected chi connectivity index (χ3v) is 2.60. The van der Waals surface area contributed by atoms with Gasteiger partial charge in [-0.1, -0.05) is 32.0 Å². The highest BCUT2D eigenvalue weighted by Gasteiger charge is 2.17. The minimum atomic E-state index is 0.0361. The van der Waals surface area contributed by atoms with Gasteiger partial charge in [-0.3, -0.25) is 4.79 Å². The summed E-state index contributed by atoms with van der Waals surface area (Å²) in [5, 5.41) is 0. The van der Waals surface area contributed by atoms with Crippen LogP contribution < -0.4 is 4.90 Å². The van der Waals surface area contributed by atoms with Crippen LogP contribution in [0.5, 0.6) is 0 Å². The fourth-order valence-corrected chi connectivity index (χ4v) is 1.83. The number of hydrogen-bond donors (Lipinski definition) is 0. The van der Waals surface area contributed by atoms with Crippen molar-refractivity contribution in [1.82, 2.24) is 0 Å². The molecule has 1 aromatic rings. The predicted molar refractivity (Wildman–Crippen MR) is 64.2 cm³/mol. The number of nitrogens with zero attached hydrogens (tertiary/aromatic N) is 1. The highest BCUT2D eigenvalue weighted by molar-refractivity contribution is 5.95. The maximum atomic E-state index is 11.9. The van der Waals surface area contributed by atoms with Gasteiger partial charge in [-0.25, -0.2) is 0 Å². The Morgan fingerprint density at radius 2 is 1.67 bits per heavy atom. The number of aryl methyl sites for hydroxylation is 2. The van der Waals surface area contributed by atoms with Crippen molar-refractivity contribution < 1.29 is 4.79 Å². The van der Waals surface area contributed by atoms with Crippen molar-refractivity contribution in [3.05, 3.63) is 29.3 Å². The van der Waals surface area contributed by atoms with E-state index in [9.17, 15) is 4.79 Å². The Bertz CT molecular complexity index is 349. The van der Waals surface area contributed by atoms with Crippen molar-refractivity contribution in [2.75, 3.05) is 11.9 Å². The zero-order valence-electron chi connectivity index (χ0n) is 10.2. The van der Waals surface area contributed by atoms with Crippen LogP contribution >= 0.6 is 0 Å². The van der Waals surface area contributed by atoms with Crippen LogP contribution in [-0.2, 0) is 4.79 Å². The predicted octanol–water partition coefficient (Wildman–Crippen LogP) is 2.92. The summed E-state index contributed by atoms with van der Waals surface area (Å²) in [7, 11) is 1.84. The minimum Gasteiger partial charge on any atom is -0.315 e. The largest absolute Gasteiger partial charge is 0.315 e. The molecule has 82 valence electrons. The molecule has 0 aromatic heterocycles. The van der Waals surface area contributed by atoms with E-state index in [0.29, 0.717) is 0 Å². The molecular formula is C13H19NO. The summed E-state index contributed by atoms with van der Waals surface area (Å²) < 4.78 is 0. The first-order valence-electron chi connectivity index (χ1n) is 5.29. The number of carbonyl (C=O) groups excluding carboxylic acids is 1. The van der Waals surface area contributed by atoms with E-state index in [-0.39, 0.29) is 11.8 Å². The van der Waals surface area contributed by atoms with Gasteiger partial charge in [0.05, 0.1) is 0 Å². The summed E-state index contributed by atoms with van der Waals surface area (Å²) in [6, 6.07) is 6.08. The number of anilines is 1.